The molecule has 1 heterocycles. The largest absolute Gasteiger partial charge is 0.492 e. The van der Waals surface area contributed by atoms with Crippen molar-refractivity contribution in [3.05, 3.63) is 29.8 Å². The average molecular weight is 288 g/mol. The first-order valence-corrected chi connectivity index (χ1v) is 7.51. The van der Waals surface area contributed by atoms with Gasteiger partial charge < -0.3 is 15.6 Å². The van der Waals surface area contributed by atoms with Crippen LogP contribution in [0.25, 0.3) is 0 Å². The van der Waals surface area contributed by atoms with Gasteiger partial charge in [0, 0.05) is 18.7 Å². The van der Waals surface area contributed by atoms with Crippen LogP contribution in [-0.2, 0) is 0 Å². The molecule has 1 aromatic rings. The van der Waals surface area contributed by atoms with Gasteiger partial charge in [-0.1, -0.05) is 18.8 Å². The van der Waals surface area contributed by atoms with E-state index in [0.29, 0.717) is 19.1 Å². The summed E-state index contributed by atoms with van der Waals surface area (Å²) < 4.78 is 5.73. The molecule has 1 aromatic carbocycles. The van der Waals surface area contributed by atoms with Crippen LogP contribution in [0.5, 0.6) is 5.75 Å². The highest BCUT2D eigenvalue weighted by atomic mass is 16.5. The SMILES string of the molecule is CC1CCN(CCOc2ccc(C#CCN)cc2)CC1O. The third kappa shape index (κ3) is 5.05. The number of hydrogen-bond acceptors (Lipinski definition) is 4. The number of hydrogen-bond donors (Lipinski definition) is 2. The Morgan fingerprint density at radius 2 is 2.14 bits per heavy atom. The van der Waals surface area contributed by atoms with Gasteiger partial charge in [-0.15, -0.1) is 0 Å². The number of nitrogens with two attached hydrogens (primary N) is 1. The van der Waals surface area contributed by atoms with E-state index in [0.717, 1.165) is 37.4 Å². The first kappa shape index (κ1) is 15.8. The molecular formula is C17H24N2O2. The maximum Gasteiger partial charge on any atom is 0.119 e. The van der Waals surface area contributed by atoms with Crippen molar-refractivity contribution in [2.45, 2.75) is 19.4 Å². The Hall–Kier alpha value is -1.54. The van der Waals surface area contributed by atoms with Crippen LogP contribution in [0, 0.1) is 17.8 Å². The van der Waals surface area contributed by atoms with Crippen LogP contribution in [0.4, 0.5) is 0 Å². The van der Waals surface area contributed by atoms with E-state index in [1.165, 1.54) is 0 Å². The zero-order valence-corrected chi connectivity index (χ0v) is 12.6. The normalized spacial score (nSPS) is 22.4. The Kier molecular flexibility index (Phi) is 6.06. The summed E-state index contributed by atoms with van der Waals surface area (Å²) in [5.41, 5.74) is 6.29. The molecule has 0 aliphatic carbocycles. The molecule has 4 heteroatoms. The maximum atomic E-state index is 9.86. The lowest BCUT2D eigenvalue weighted by molar-refractivity contribution is 0.0244. The minimum absolute atomic E-state index is 0.209. The smallest absolute Gasteiger partial charge is 0.119 e. The van der Waals surface area contributed by atoms with Crippen molar-refractivity contribution in [1.29, 1.82) is 0 Å². The third-order valence-electron chi connectivity index (χ3n) is 3.87. The Labute approximate surface area is 126 Å². The number of benzene rings is 1. The molecule has 1 saturated heterocycles. The lowest BCUT2D eigenvalue weighted by Gasteiger charge is -2.34. The summed E-state index contributed by atoms with van der Waals surface area (Å²) in [6, 6.07) is 7.72. The van der Waals surface area contributed by atoms with Crippen LogP contribution < -0.4 is 10.5 Å². The van der Waals surface area contributed by atoms with E-state index in [1.54, 1.807) is 0 Å². The molecule has 0 aromatic heterocycles. The molecule has 0 saturated carbocycles. The second-order valence-corrected chi connectivity index (χ2v) is 5.51. The van der Waals surface area contributed by atoms with Gasteiger partial charge in [-0.25, -0.2) is 0 Å². The number of β-amino-alcohol motifs (C(OH)–C–C–N with tert-alkyl or cyclic N) is 1. The summed E-state index contributed by atoms with van der Waals surface area (Å²) in [6.45, 7) is 5.74. The predicted molar refractivity (Wildman–Crippen MR) is 84.1 cm³/mol. The number of rotatable bonds is 4. The van der Waals surface area contributed by atoms with Crippen molar-refractivity contribution in [1.82, 2.24) is 4.90 Å². The van der Waals surface area contributed by atoms with E-state index in [9.17, 15) is 5.11 Å². The predicted octanol–water partition coefficient (Wildman–Crippen LogP) is 1.08. The van der Waals surface area contributed by atoms with E-state index < -0.39 is 0 Å². The quantitative estimate of drug-likeness (QED) is 0.814. The first-order chi connectivity index (χ1) is 10.2. The summed E-state index contributed by atoms with van der Waals surface area (Å²) in [4.78, 5) is 2.26. The molecule has 1 fully saturated rings. The van der Waals surface area contributed by atoms with Crippen LogP contribution in [0.15, 0.2) is 24.3 Å². The topological polar surface area (TPSA) is 58.7 Å². The fraction of sp³-hybridized carbons (Fsp3) is 0.529. The van der Waals surface area contributed by atoms with Crippen LogP contribution in [0.3, 0.4) is 0 Å². The zero-order chi connectivity index (χ0) is 15.1. The maximum absolute atomic E-state index is 9.86. The molecule has 0 bridgehead atoms. The van der Waals surface area contributed by atoms with Crippen molar-refractivity contribution in [2.75, 3.05) is 32.8 Å². The minimum Gasteiger partial charge on any atom is -0.492 e. The van der Waals surface area contributed by atoms with Crippen molar-refractivity contribution in [3.63, 3.8) is 0 Å². The number of piperidine rings is 1. The van der Waals surface area contributed by atoms with Gasteiger partial charge in [-0.05, 0) is 43.1 Å². The zero-order valence-electron chi connectivity index (χ0n) is 12.6. The number of likely N-dealkylation sites (tertiary alicyclic amines) is 1. The van der Waals surface area contributed by atoms with Crippen LogP contribution >= 0.6 is 0 Å². The van der Waals surface area contributed by atoms with Crippen LogP contribution in [0.2, 0.25) is 0 Å². The lowest BCUT2D eigenvalue weighted by atomic mass is 9.96. The van der Waals surface area contributed by atoms with E-state index in [4.69, 9.17) is 10.5 Å². The molecule has 2 rings (SSSR count). The van der Waals surface area contributed by atoms with E-state index in [2.05, 4.69) is 23.7 Å². The standard InChI is InChI=1S/C17H24N2O2/c1-14-8-10-19(13-17(14)20)11-12-21-16-6-4-15(5-7-16)3-2-9-18/h4-7,14,17,20H,8-13,18H2,1H3. The van der Waals surface area contributed by atoms with Gasteiger partial charge in [0.2, 0.25) is 0 Å². The molecule has 0 amide bonds. The molecule has 1 aliphatic heterocycles. The molecule has 4 nitrogen and oxygen atoms in total. The Bertz CT molecular complexity index is 490. The van der Waals surface area contributed by atoms with E-state index in [1.807, 2.05) is 24.3 Å². The monoisotopic (exact) mass is 288 g/mol. The highest BCUT2D eigenvalue weighted by Gasteiger charge is 2.23. The molecular weight excluding hydrogens is 264 g/mol. The van der Waals surface area contributed by atoms with Gasteiger partial charge in [0.15, 0.2) is 0 Å². The van der Waals surface area contributed by atoms with Gasteiger partial charge in [0.05, 0.1) is 12.6 Å². The summed E-state index contributed by atoms with van der Waals surface area (Å²) >= 11 is 0. The van der Waals surface area contributed by atoms with Gasteiger partial charge in [-0.3, -0.25) is 4.90 Å². The van der Waals surface area contributed by atoms with Crippen LogP contribution in [-0.4, -0.2) is 48.9 Å². The minimum atomic E-state index is -0.209. The van der Waals surface area contributed by atoms with Crippen molar-refractivity contribution in [2.24, 2.45) is 11.7 Å². The molecule has 21 heavy (non-hydrogen) atoms. The van der Waals surface area contributed by atoms with Crippen LogP contribution in [0.1, 0.15) is 18.9 Å². The molecule has 114 valence electrons. The Morgan fingerprint density at radius 1 is 1.38 bits per heavy atom. The molecule has 0 radical (unpaired) electrons. The third-order valence-corrected chi connectivity index (χ3v) is 3.87. The number of aliphatic hydroxyl groups excluding tert-OH is 1. The highest BCUT2D eigenvalue weighted by molar-refractivity contribution is 5.38. The molecule has 3 N–H and O–H groups in total. The Balaban J connectivity index is 1.73. The lowest BCUT2D eigenvalue weighted by Crippen LogP contribution is -2.44. The molecule has 0 spiro atoms. The summed E-state index contributed by atoms with van der Waals surface area (Å²) in [5, 5.41) is 9.86. The number of ether oxygens (including phenoxy) is 1. The fourth-order valence-corrected chi connectivity index (χ4v) is 2.40. The Morgan fingerprint density at radius 3 is 2.81 bits per heavy atom. The van der Waals surface area contributed by atoms with Gasteiger partial charge in [0.25, 0.3) is 0 Å². The second kappa shape index (κ2) is 8.04. The van der Waals surface area contributed by atoms with Crippen molar-refractivity contribution in [3.8, 4) is 17.6 Å². The summed E-state index contributed by atoms with van der Waals surface area (Å²) in [5.74, 6) is 7.06. The molecule has 2 atom stereocenters. The van der Waals surface area contributed by atoms with E-state index >= 15 is 0 Å². The van der Waals surface area contributed by atoms with Crippen molar-refractivity contribution < 1.29 is 9.84 Å². The summed E-state index contributed by atoms with van der Waals surface area (Å²) in [7, 11) is 0. The molecule has 2 unspecified atom stereocenters. The average Bonchev–Trinajstić information content (AvgIpc) is 2.50. The number of aliphatic hydroxyl groups is 1. The van der Waals surface area contributed by atoms with Gasteiger partial charge >= 0.3 is 0 Å². The summed E-state index contributed by atoms with van der Waals surface area (Å²) in [6.07, 6.45) is 0.842. The van der Waals surface area contributed by atoms with Gasteiger partial charge in [0.1, 0.15) is 12.4 Å². The first-order valence-electron chi connectivity index (χ1n) is 7.51. The van der Waals surface area contributed by atoms with Gasteiger partial charge in [-0.2, -0.15) is 0 Å². The second-order valence-electron chi connectivity index (χ2n) is 5.51. The van der Waals surface area contributed by atoms with E-state index in [-0.39, 0.29) is 6.10 Å². The number of nitrogens with zero attached hydrogens (tertiary/aromatic N) is 1. The molecule has 1 aliphatic rings. The fourth-order valence-electron chi connectivity index (χ4n) is 2.40. The van der Waals surface area contributed by atoms with Crippen molar-refractivity contribution >= 4 is 0 Å². The highest BCUT2D eigenvalue weighted by Crippen LogP contribution is 2.17.